The van der Waals surface area contributed by atoms with Crippen molar-refractivity contribution < 1.29 is 9.18 Å². The number of nitrogens with one attached hydrogen (secondary N) is 1. The summed E-state index contributed by atoms with van der Waals surface area (Å²) in [5, 5.41) is 10.6. The van der Waals surface area contributed by atoms with Gasteiger partial charge in [0, 0.05) is 19.3 Å². The van der Waals surface area contributed by atoms with E-state index in [4.69, 9.17) is 5.73 Å². The molecule has 0 atom stereocenters. The molecule has 122 valence electrons. The predicted octanol–water partition coefficient (Wildman–Crippen LogP) is 0.822. The first-order valence-corrected chi connectivity index (χ1v) is 7.43. The molecule has 0 saturated carbocycles. The summed E-state index contributed by atoms with van der Waals surface area (Å²) in [6.45, 7) is 1.66. The highest BCUT2D eigenvalue weighted by Gasteiger charge is 2.24. The minimum absolute atomic E-state index is 0.202. The third kappa shape index (κ3) is 3.55. The molecule has 3 N–H and O–H groups in total. The first-order valence-electron chi connectivity index (χ1n) is 7.43. The maximum atomic E-state index is 13.8. The fourth-order valence-electron chi connectivity index (χ4n) is 2.70. The summed E-state index contributed by atoms with van der Waals surface area (Å²) < 4.78 is 15.6. The van der Waals surface area contributed by atoms with E-state index in [1.807, 2.05) is 4.90 Å². The van der Waals surface area contributed by atoms with Crippen LogP contribution in [0.2, 0.25) is 0 Å². The van der Waals surface area contributed by atoms with E-state index in [1.165, 1.54) is 6.07 Å². The van der Waals surface area contributed by atoms with Crippen molar-refractivity contribution in [2.75, 3.05) is 18.0 Å². The number of anilines is 1. The highest BCUT2D eigenvalue weighted by molar-refractivity contribution is 5.71. The molecule has 2 amide bonds. The minimum atomic E-state index is -0.592. The van der Waals surface area contributed by atoms with E-state index in [1.54, 1.807) is 23.1 Å². The highest BCUT2D eigenvalue weighted by atomic mass is 19.1. The van der Waals surface area contributed by atoms with Gasteiger partial charge in [0.1, 0.15) is 5.69 Å². The Bertz CT molecular complexity index is 681. The van der Waals surface area contributed by atoms with Gasteiger partial charge in [0.2, 0.25) is 0 Å². The molecule has 0 unspecified atom stereocenters. The van der Waals surface area contributed by atoms with E-state index in [2.05, 4.69) is 20.6 Å². The topological polar surface area (TPSA) is 102 Å². The van der Waals surface area contributed by atoms with Crippen molar-refractivity contribution in [3.63, 3.8) is 0 Å². The number of pyridine rings is 1. The smallest absolute Gasteiger partial charge is 0.312 e. The van der Waals surface area contributed by atoms with Crippen LogP contribution in [0.4, 0.5) is 15.0 Å². The molecular formula is C14H18FN7O. The molecule has 1 saturated heterocycles. The number of hydrogen-bond donors (Lipinski definition) is 2. The fraction of sp³-hybridized carbons (Fsp3) is 0.429. The van der Waals surface area contributed by atoms with Crippen LogP contribution in [0.15, 0.2) is 24.5 Å². The number of aromatic nitrogens is 4. The molecule has 0 bridgehead atoms. The maximum absolute atomic E-state index is 13.8. The Morgan fingerprint density at radius 1 is 1.43 bits per heavy atom. The zero-order chi connectivity index (χ0) is 16.2. The average molecular weight is 319 g/mol. The molecule has 9 heteroatoms. The van der Waals surface area contributed by atoms with Crippen LogP contribution in [0.3, 0.4) is 0 Å². The Hall–Kier alpha value is -2.71. The standard InChI is InChI=1S/C14H18FN7O/c15-12-2-1-5-17-13(12)21-6-3-11(4-7-21)22-9-10(19-20-22)8-18-14(16)23/h1-2,5,9,11H,3-4,6-8H2,(H3,16,18,23). The number of nitrogens with two attached hydrogens (primary N) is 1. The summed E-state index contributed by atoms with van der Waals surface area (Å²) in [4.78, 5) is 16.7. The fourth-order valence-corrected chi connectivity index (χ4v) is 2.70. The first-order chi connectivity index (χ1) is 11.1. The molecule has 2 aromatic rings. The Labute approximate surface area is 132 Å². The van der Waals surface area contributed by atoms with Gasteiger partial charge in [-0.25, -0.2) is 18.9 Å². The van der Waals surface area contributed by atoms with Crippen molar-refractivity contribution in [3.05, 3.63) is 36.0 Å². The van der Waals surface area contributed by atoms with E-state index in [0.717, 1.165) is 12.8 Å². The van der Waals surface area contributed by atoms with Crippen LogP contribution in [-0.2, 0) is 6.54 Å². The lowest BCUT2D eigenvalue weighted by Crippen LogP contribution is -2.35. The zero-order valence-electron chi connectivity index (χ0n) is 12.5. The molecular weight excluding hydrogens is 301 g/mol. The van der Waals surface area contributed by atoms with Crippen molar-refractivity contribution in [3.8, 4) is 0 Å². The van der Waals surface area contributed by atoms with Crippen LogP contribution >= 0.6 is 0 Å². The molecule has 1 aliphatic heterocycles. The molecule has 1 aliphatic rings. The third-order valence-electron chi connectivity index (χ3n) is 3.88. The second-order valence-electron chi connectivity index (χ2n) is 5.43. The number of carbonyl (C=O) groups is 1. The molecule has 23 heavy (non-hydrogen) atoms. The van der Waals surface area contributed by atoms with Gasteiger partial charge < -0.3 is 16.0 Å². The molecule has 0 aliphatic carbocycles. The molecule has 3 rings (SSSR count). The molecule has 0 spiro atoms. The van der Waals surface area contributed by atoms with Gasteiger partial charge in [-0.1, -0.05) is 5.21 Å². The van der Waals surface area contributed by atoms with Crippen molar-refractivity contribution in [1.82, 2.24) is 25.3 Å². The van der Waals surface area contributed by atoms with E-state index in [0.29, 0.717) is 24.6 Å². The predicted molar refractivity (Wildman–Crippen MR) is 81.1 cm³/mol. The second-order valence-corrected chi connectivity index (χ2v) is 5.43. The summed E-state index contributed by atoms with van der Waals surface area (Å²) in [5.41, 5.74) is 5.68. The van der Waals surface area contributed by atoms with E-state index in [-0.39, 0.29) is 18.4 Å². The largest absolute Gasteiger partial charge is 0.354 e. The van der Waals surface area contributed by atoms with Crippen LogP contribution in [-0.4, -0.2) is 39.1 Å². The summed E-state index contributed by atoms with van der Waals surface area (Å²) in [6, 6.07) is 2.62. The van der Waals surface area contributed by atoms with E-state index >= 15 is 0 Å². The number of halogens is 1. The van der Waals surface area contributed by atoms with E-state index in [9.17, 15) is 9.18 Å². The number of amides is 2. The monoisotopic (exact) mass is 319 g/mol. The van der Waals surface area contributed by atoms with Crippen LogP contribution in [0.5, 0.6) is 0 Å². The van der Waals surface area contributed by atoms with Gasteiger partial charge in [0.15, 0.2) is 11.6 Å². The number of hydrogen-bond acceptors (Lipinski definition) is 5. The van der Waals surface area contributed by atoms with Crippen molar-refractivity contribution in [2.45, 2.75) is 25.4 Å². The van der Waals surface area contributed by atoms with Gasteiger partial charge in [-0.05, 0) is 25.0 Å². The lowest BCUT2D eigenvalue weighted by molar-refractivity contribution is 0.248. The van der Waals surface area contributed by atoms with Crippen molar-refractivity contribution in [1.29, 1.82) is 0 Å². The molecule has 8 nitrogen and oxygen atoms in total. The van der Waals surface area contributed by atoms with Gasteiger partial charge in [-0.3, -0.25) is 0 Å². The Kier molecular flexibility index (Phi) is 4.35. The molecule has 2 aromatic heterocycles. The number of primary amides is 1. The normalized spacial score (nSPS) is 15.6. The van der Waals surface area contributed by atoms with Gasteiger partial charge in [0.25, 0.3) is 0 Å². The molecule has 0 aromatic carbocycles. The number of rotatable bonds is 4. The SMILES string of the molecule is NC(=O)NCc1cn(C2CCN(c3ncccc3F)CC2)nn1. The lowest BCUT2D eigenvalue weighted by atomic mass is 10.1. The van der Waals surface area contributed by atoms with Crippen LogP contribution in [0, 0.1) is 5.82 Å². The van der Waals surface area contributed by atoms with Crippen molar-refractivity contribution in [2.24, 2.45) is 5.73 Å². The number of nitrogens with zero attached hydrogens (tertiary/aromatic N) is 5. The zero-order valence-corrected chi connectivity index (χ0v) is 12.5. The van der Waals surface area contributed by atoms with Crippen LogP contribution < -0.4 is 16.0 Å². The lowest BCUT2D eigenvalue weighted by Gasteiger charge is -2.32. The second kappa shape index (κ2) is 6.59. The van der Waals surface area contributed by atoms with Crippen LogP contribution in [0.25, 0.3) is 0 Å². The number of piperidine rings is 1. The first kappa shape index (κ1) is 15.2. The highest BCUT2D eigenvalue weighted by Crippen LogP contribution is 2.26. The van der Waals surface area contributed by atoms with Crippen molar-refractivity contribution >= 4 is 11.8 Å². The summed E-state index contributed by atoms with van der Waals surface area (Å²) in [6.07, 6.45) is 5.04. The van der Waals surface area contributed by atoms with Gasteiger partial charge in [0.05, 0.1) is 18.8 Å². The van der Waals surface area contributed by atoms with Crippen LogP contribution in [0.1, 0.15) is 24.6 Å². The minimum Gasteiger partial charge on any atom is -0.354 e. The van der Waals surface area contributed by atoms with Gasteiger partial charge in [-0.2, -0.15) is 0 Å². The molecule has 0 radical (unpaired) electrons. The Morgan fingerprint density at radius 3 is 2.91 bits per heavy atom. The molecule has 3 heterocycles. The van der Waals surface area contributed by atoms with Gasteiger partial charge >= 0.3 is 6.03 Å². The Morgan fingerprint density at radius 2 is 2.22 bits per heavy atom. The Balaban J connectivity index is 1.59. The average Bonchev–Trinajstić information content (AvgIpc) is 3.03. The maximum Gasteiger partial charge on any atom is 0.312 e. The molecule has 1 fully saturated rings. The summed E-state index contributed by atoms with van der Waals surface area (Å²) >= 11 is 0. The summed E-state index contributed by atoms with van der Waals surface area (Å²) in [7, 11) is 0. The van der Waals surface area contributed by atoms with E-state index < -0.39 is 6.03 Å². The number of carbonyl (C=O) groups excluding carboxylic acids is 1. The quantitative estimate of drug-likeness (QED) is 0.869. The third-order valence-corrected chi connectivity index (χ3v) is 3.88. The summed E-state index contributed by atoms with van der Waals surface area (Å²) in [5.74, 6) is 0.0994. The van der Waals surface area contributed by atoms with Gasteiger partial charge in [-0.15, -0.1) is 5.10 Å². The number of urea groups is 1.